The molecule has 1 atom stereocenters. The Morgan fingerprint density at radius 3 is 2.32 bits per heavy atom. The fourth-order valence-electron chi connectivity index (χ4n) is 2.99. The molecule has 2 aromatic carbocycles. The van der Waals surface area contributed by atoms with Gasteiger partial charge in [0.05, 0.1) is 0 Å². The number of ether oxygens (including phenoxy) is 2. The van der Waals surface area contributed by atoms with Crippen molar-refractivity contribution in [3.8, 4) is 0 Å². The smallest absolute Gasteiger partial charge is 0.408 e. The minimum Gasteiger partial charge on any atom is -0.454 e. The molecular formula is C24H30N2O5. The van der Waals surface area contributed by atoms with Crippen molar-refractivity contribution in [1.29, 1.82) is 0 Å². The lowest BCUT2D eigenvalue weighted by atomic mass is 10.1. The number of amides is 2. The van der Waals surface area contributed by atoms with Crippen LogP contribution in [0.3, 0.4) is 0 Å². The summed E-state index contributed by atoms with van der Waals surface area (Å²) in [6.07, 6.45) is 0.0399. The molecule has 0 aliphatic rings. The molecule has 0 radical (unpaired) electrons. The maximum Gasteiger partial charge on any atom is 0.408 e. The van der Waals surface area contributed by atoms with E-state index in [-0.39, 0.29) is 12.5 Å². The summed E-state index contributed by atoms with van der Waals surface area (Å²) in [5.41, 5.74) is 3.50. The summed E-state index contributed by atoms with van der Waals surface area (Å²) >= 11 is 0. The van der Waals surface area contributed by atoms with Crippen LogP contribution in [0, 0.1) is 12.8 Å². The maximum absolute atomic E-state index is 12.5. The van der Waals surface area contributed by atoms with E-state index >= 15 is 0 Å². The number of hydrogen-bond donors (Lipinski definition) is 2. The van der Waals surface area contributed by atoms with Crippen molar-refractivity contribution in [2.24, 2.45) is 5.92 Å². The summed E-state index contributed by atoms with van der Waals surface area (Å²) in [7, 11) is 0. The Hall–Kier alpha value is -3.35. The zero-order chi connectivity index (χ0) is 22.8. The third-order valence-electron chi connectivity index (χ3n) is 4.76. The number of nitrogens with one attached hydrogen (secondary N) is 2. The second-order valence-electron chi connectivity index (χ2n) is 7.55. The van der Waals surface area contributed by atoms with E-state index < -0.39 is 30.6 Å². The molecule has 0 spiro atoms. The fourth-order valence-corrected chi connectivity index (χ4v) is 2.99. The molecule has 0 bridgehead atoms. The first-order chi connectivity index (χ1) is 14.8. The Labute approximate surface area is 183 Å². The molecule has 0 fully saturated rings. The van der Waals surface area contributed by atoms with Crippen molar-refractivity contribution in [3.05, 3.63) is 65.2 Å². The number of alkyl carbamates (subject to hydrolysis) is 1. The van der Waals surface area contributed by atoms with Gasteiger partial charge in [0.15, 0.2) is 6.61 Å². The normalized spacial score (nSPS) is 11.5. The number of benzene rings is 2. The number of aryl methyl sites for hydroxylation is 2. The minimum atomic E-state index is -0.930. The molecule has 0 aliphatic heterocycles. The van der Waals surface area contributed by atoms with Crippen molar-refractivity contribution in [2.75, 3.05) is 11.9 Å². The standard InChI is InChI=1S/C24H30N2O5/c1-5-19-13-9-10-17(4)22(19)25-20(27)15-30-23(28)21(16(2)3)26-24(29)31-14-18-11-7-6-8-12-18/h6-13,16,21H,5,14-15H2,1-4H3,(H,25,27)(H,26,29)/t21-/m0/s1. The van der Waals surface area contributed by atoms with E-state index in [0.717, 1.165) is 28.8 Å². The summed E-state index contributed by atoms with van der Waals surface area (Å²) in [4.78, 5) is 36.9. The van der Waals surface area contributed by atoms with Crippen molar-refractivity contribution < 1.29 is 23.9 Å². The van der Waals surface area contributed by atoms with Crippen LogP contribution in [0.25, 0.3) is 0 Å². The molecule has 166 valence electrons. The molecule has 0 saturated carbocycles. The van der Waals surface area contributed by atoms with Gasteiger partial charge in [-0.2, -0.15) is 0 Å². The van der Waals surface area contributed by atoms with E-state index in [4.69, 9.17) is 9.47 Å². The third-order valence-corrected chi connectivity index (χ3v) is 4.76. The SMILES string of the molecule is CCc1cccc(C)c1NC(=O)COC(=O)[C@@H](NC(=O)OCc1ccccc1)C(C)C. The molecular weight excluding hydrogens is 396 g/mol. The molecule has 7 heteroatoms. The molecule has 2 N–H and O–H groups in total. The zero-order valence-corrected chi connectivity index (χ0v) is 18.4. The zero-order valence-electron chi connectivity index (χ0n) is 18.4. The van der Waals surface area contributed by atoms with Gasteiger partial charge in [-0.15, -0.1) is 0 Å². The van der Waals surface area contributed by atoms with Crippen LogP contribution in [-0.2, 0) is 32.1 Å². The van der Waals surface area contributed by atoms with Crippen LogP contribution in [0.5, 0.6) is 0 Å². The van der Waals surface area contributed by atoms with Gasteiger partial charge in [-0.1, -0.05) is 69.3 Å². The van der Waals surface area contributed by atoms with Crippen molar-refractivity contribution in [3.63, 3.8) is 0 Å². The second kappa shape index (κ2) is 11.7. The number of carbonyl (C=O) groups excluding carboxylic acids is 3. The topological polar surface area (TPSA) is 93.7 Å². The molecule has 31 heavy (non-hydrogen) atoms. The lowest BCUT2D eigenvalue weighted by molar-refractivity contribution is -0.150. The first-order valence-corrected chi connectivity index (χ1v) is 10.3. The van der Waals surface area contributed by atoms with Crippen LogP contribution in [-0.4, -0.2) is 30.6 Å². The molecule has 0 aliphatic carbocycles. The Kier molecular flexibility index (Phi) is 9.06. The third kappa shape index (κ3) is 7.44. The highest BCUT2D eigenvalue weighted by atomic mass is 16.6. The highest BCUT2D eigenvalue weighted by molar-refractivity contribution is 5.94. The minimum absolute atomic E-state index is 0.0884. The molecule has 7 nitrogen and oxygen atoms in total. The summed E-state index contributed by atoms with van der Waals surface area (Å²) in [6.45, 7) is 7.08. The quantitative estimate of drug-likeness (QED) is 0.592. The van der Waals surface area contributed by atoms with Gasteiger partial charge in [-0.05, 0) is 36.0 Å². The van der Waals surface area contributed by atoms with E-state index in [9.17, 15) is 14.4 Å². The summed E-state index contributed by atoms with van der Waals surface area (Å²) in [5, 5.41) is 5.32. The maximum atomic E-state index is 12.5. The van der Waals surface area contributed by atoms with E-state index in [2.05, 4.69) is 10.6 Å². The summed E-state index contributed by atoms with van der Waals surface area (Å²) < 4.78 is 10.3. The largest absolute Gasteiger partial charge is 0.454 e. The van der Waals surface area contributed by atoms with Gasteiger partial charge in [0.25, 0.3) is 5.91 Å². The van der Waals surface area contributed by atoms with E-state index in [0.29, 0.717) is 0 Å². The van der Waals surface area contributed by atoms with Crippen molar-refractivity contribution in [2.45, 2.75) is 46.8 Å². The lowest BCUT2D eigenvalue weighted by Gasteiger charge is -2.20. The second-order valence-corrected chi connectivity index (χ2v) is 7.55. The van der Waals surface area contributed by atoms with E-state index in [1.165, 1.54) is 0 Å². The van der Waals surface area contributed by atoms with Gasteiger partial charge in [-0.3, -0.25) is 4.79 Å². The molecule has 2 amide bonds. The highest BCUT2D eigenvalue weighted by Crippen LogP contribution is 2.21. The average molecular weight is 427 g/mol. The fraction of sp³-hybridized carbons (Fsp3) is 0.375. The summed E-state index contributed by atoms with van der Waals surface area (Å²) in [5.74, 6) is -1.38. The van der Waals surface area contributed by atoms with Gasteiger partial charge < -0.3 is 20.1 Å². The lowest BCUT2D eigenvalue weighted by Crippen LogP contribution is -2.46. The van der Waals surface area contributed by atoms with Gasteiger partial charge in [-0.25, -0.2) is 9.59 Å². The van der Waals surface area contributed by atoms with Crippen LogP contribution >= 0.6 is 0 Å². The number of hydrogen-bond acceptors (Lipinski definition) is 5. The van der Waals surface area contributed by atoms with Crippen LogP contribution in [0.1, 0.15) is 37.5 Å². The van der Waals surface area contributed by atoms with Crippen LogP contribution in [0.2, 0.25) is 0 Å². The van der Waals surface area contributed by atoms with Gasteiger partial charge in [0, 0.05) is 5.69 Å². The number of para-hydroxylation sites is 1. The van der Waals surface area contributed by atoms with Crippen molar-refractivity contribution in [1.82, 2.24) is 5.32 Å². The molecule has 2 aromatic rings. The first-order valence-electron chi connectivity index (χ1n) is 10.3. The predicted octanol–water partition coefficient (Wildman–Crippen LogP) is 3.99. The van der Waals surface area contributed by atoms with Crippen LogP contribution in [0.15, 0.2) is 48.5 Å². The molecule has 0 heterocycles. The Morgan fingerprint density at radius 1 is 0.968 bits per heavy atom. The summed E-state index contributed by atoms with van der Waals surface area (Å²) in [6, 6.07) is 14.1. The van der Waals surface area contributed by atoms with Crippen LogP contribution in [0.4, 0.5) is 10.5 Å². The predicted molar refractivity (Wildman–Crippen MR) is 119 cm³/mol. The average Bonchev–Trinajstić information content (AvgIpc) is 2.76. The molecule has 0 aromatic heterocycles. The number of rotatable bonds is 9. The highest BCUT2D eigenvalue weighted by Gasteiger charge is 2.27. The molecule has 0 saturated heterocycles. The molecule has 0 unspecified atom stereocenters. The van der Waals surface area contributed by atoms with Gasteiger partial charge in [0.2, 0.25) is 0 Å². The van der Waals surface area contributed by atoms with Crippen LogP contribution < -0.4 is 10.6 Å². The van der Waals surface area contributed by atoms with E-state index in [1.807, 2.05) is 62.4 Å². The van der Waals surface area contributed by atoms with Crippen molar-refractivity contribution >= 4 is 23.7 Å². The van der Waals surface area contributed by atoms with Gasteiger partial charge >= 0.3 is 12.1 Å². The monoisotopic (exact) mass is 426 g/mol. The van der Waals surface area contributed by atoms with E-state index in [1.54, 1.807) is 13.8 Å². The molecule has 2 rings (SSSR count). The Balaban J connectivity index is 1.87. The first kappa shape index (κ1) is 23.9. The Bertz CT molecular complexity index is 896. The number of carbonyl (C=O) groups is 3. The Morgan fingerprint density at radius 2 is 1.68 bits per heavy atom. The number of anilines is 1. The van der Waals surface area contributed by atoms with Gasteiger partial charge in [0.1, 0.15) is 12.6 Å². The number of esters is 1.